The lowest BCUT2D eigenvalue weighted by atomic mass is 9.53. The summed E-state index contributed by atoms with van der Waals surface area (Å²) in [5.41, 5.74) is 1.25. The molecule has 166 valence electrons. The normalized spacial score (nSPS) is 38.5. The molecule has 2 saturated carbocycles. The summed E-state index contributed by atoms with van der Waals surface area (Å²) in [6, 6.07) is 0. The molecule has 0 heterocycles. The molecule has 0 bridgehead atoms. The fourth-order valence-corrected chi connectivity index (χ4v) is 8.36. The van der Waals surface area contributed by atoms with Gasteiger partial charge in [-0.3, -0.25) is 4.79 Å². The van der Waals surface area contributed by atoms with Crippen LogP contribution in [0.25, 0.3) is 0 Å². The lowest BCUT2D eigenvalue weighted by molar-refractivity contribution is -0.118. The zero-order chi connectivity index (χ0) is 22.0. The van der Waals surface area contributed by atoms with E-state index in [0.717, 1.165) is 6.42 Å². The maximum absolute atomic E-state index is 12.6. The third-order valence-electron chi connectivity index (χ3n) is 8.33. The Kier molecular flexibility index (Phi) is 6.00. The predicted octanol–water partition coefficient (Wildman–Crippen LogP) is 6.57. The largest absolute Gasteiger partial charge is 0.414 e. The molecule has 0 aromatic carbocycles. The molecule has 0 radical (unpaired) electrons. The van der Waals surface area contributed by atoms with Crippen LogP contribution in [-0.2, 0) is 13.6 Å². The van der Waals surface area contributed by atoms with Crippen LogP contribution in [0.2, 0.25) is 37.8 Å². The van der Waals surface area contributed by atoms with E-state index < -0.39 is 16.6 Å². The number of carbonyl (C=O) groups is 1. The van der Waals surface area contributed by atoms with Crippen LogP contribution in [-0.4, -0.2) is 34.6 Å². The van der Waals surface area contributed by atoms with Crippen molar-refractivity contribution in [1.29, 1.82) is 0 Å². The van der Waals surface area contributed by atoms with Gasteiger partial charge in [-0.1, -0.05) is 34.6 Å². The second-order valence-corrected chi connectivity index (χ2v) is 22.0. The van der Waals surface area contributed by atoms with Gasteiger partial charge in [0.25, 0.3) is 0 Å². The molecule has 6 atom stereocenters. The van der Waals surface area contributed by atoms with Crippen molar-refractivity contribution in [2.75, 3.05) is 0 Å². The Bertz CT molecular complexity index is 685. The summed E-state index contributed by atoms with van der Waals surface area (Å²) in [6.07, 6.45) is 6.44. The number of carbonyl (C=O) groups excluding carboxylic acids is 1. The summed E-state index contributed by atoms with van der Waals surface area (Å²) in [6.45, 7) is 23.2. The van der Waals surface area contributed by atoms with Gasteiger partial charge < -0.3 is 8.85 Å². The van der Waals surface area contributed by atoms with Crippen molar-refractivity contribution in [3.8, 4) is 0 Å². The molecule has 3 aliphatic carbocycles. The van der Waals surface area contributed by atoms with Crippen molar-refractivity contribution >= 4 is 22.4 Å². The molecule has 0 spiro atoms. The highest BCUT2D eigenvalue weighted by atomic mass is 28.4. The first kappa shape index (κ1) is 23.4. The standard InChI is InChI=1S/C24H44O3Si2/c1-16-11-12-19-18(22(16)27-28(6,7)8)14-21(26-29(9,10)23(2,3)4)20-13-17(25)15-24(19,20)5/h13,16,18-19,21-22H,11-12,14-15H2,1-10H3/t16-,18-,19+,21+,22-,24-/m1/s1. The van der Waals surface area contributed by atoms with Gasteiger partial charge in [-0.2, -0.15) is 0 Å². The van der Waals surface area contributed by atoms with Crippen molar-refractivity contribution in [2.45, 2.75) is 110 Å². The smallest absolute Gasteiger partial charge is 0.192 e. The molecule has 3 rings (SSSR count). The molecule has 0 aromatic rings. The highest BCUT2D eigenvalue weighted by molar-refractivity contribution is 6.74. The monoisotopic (exact) mass is 436 g/mol. The number of ketones is 1. The number of allylic oxidation sites excluding steroid dienone is 1. The fourth-order valence-electron chi connectivity index (χ4n) is 5.85. The Hall–Kier alpha value is -0.236. The van der Waals surface area contributed by atoms with E-state index in [-0.39, 0.29) is 16.6 Å². The van der Waals surface area contributed by atoms with Crippen LogP contribution in [0.4, 0.5) is 0 Å². The van der Waals surface area contributed by atoms with E-state index in [1.165, 1.54) is 18.4 Å². The van der Waals surface area contributed by atoms with Gasteiger partial charge in [0.2, 0.25) is 0 Å². The summed E-state index contributed by atoms with van der Waals surface area (Å²) in [4.78, 5) is 12.6. The number of hydrogen-bond donors (Lipinski definition) is 0. The first-order valence-corrected chi connectivity index (χ1v) is 18.0. The molecule has 29 heavy (non-hydrogen) atoms. The van der Waals surface area contributed by atoms with E-state index in [9.17, 15) is 4.79 Å². The minimum absolute atomic E-state index is 0.0474. The van der Waals surface area contributed by atoms with E-state index in [1.54, 1.807) is 0 Å². The van der Waals surface area contributed by atoms with Gasteiger partial charge in [-0.25, -0.2) is 0 Å². The van der Waals surface area contributed by atoms with Crippen molar-refractivity contribution in [2.24, 2.45) is 23.2 Å². The van der Waals surface area contributed by atoms with Crippen LogP contribution in [0, 0.1) is 23.2 Å². The Morgan fingerprint density at radius 2 is 1.69 bits per heavy atom. The van der Waals surface area contributed by atoms with Crippen molar-refractivity contribution in [1.82, 2.24) is 0 Å². The average molecular weight is 437 g/mol. The SMILES string of the molecule is C[C@@H]1CC[C@H]2[C@@H](C[C@H](O[Si](C)(C)C(C)(C)C)C3=CC(=O)C[C@@]32C)[C@@H]1O[Si](C)(C)C. The van der Waals surface area contributed by atoms with Crippen LogP contribution in [0.3, 0.4) is 0 Å². The zero-order valence-corrected chi connectivity index (χ0v) is 22.5. The Morgan fingerprint density at radius 3 is 2.24 bits per heavy atom. The summed E-state index contributed by atoms with van der Waals surface area (Å²) in [5.74, 6) is 1.92. The quantitative estimate of drug-likeness (QED) is 0.468. The first-order valence-electron chi connectivity index (χ1n) is 11.7. The minimum atomic E-state index is -1.93. The highest BCUT2D eigenvalue weighted by Gasteiger charge is 2.58. The fraction of sp³-hybridized carbons (Fsp3) is 0.875. The second-order valence-electron chi connectivity index (χ2n) is 12.8. The van der Waals surface area contributed by atoms with Crippen molar-refractivity contribution in [3.05, 3.63) is 11.6 Å². The Labute approximate surface area is 181 Å². The third kappa shape index (κ3) is 4.39. The summed E-state index contributed by atoms with van der Waals surface area (Å²) < 4.78 is 13.8. The van der Waals surface area contributed by atoms with Crippen LogP contribution in [0.5, 0.6) is 0 Å². The van der Waals surface area contributed by atoms with E-state index in [4.69, 9.17) is 8.85 Å². The van der Waals surface area contributed by atoms with E-state index in [1.807, 2.05) is 6.08 Å². The minimum Gasteiger partial charge on any atom is -0.414 e. The Morgan fingerprint density at radius 1 is 1.07 bits per heavy atom. The predicted molar refractivity (Wildman–Crippen MR) is 126 cm³/mol. The molecule has 0 amide bonds. The molecule has 5 heteroatoms. The van der Waals surface area contributed by atoms with E-state index in [0.29, 0.717) is 36.1 Å². The second kappa shape index (κ2) is 7.42. The molecular formula is C24H44O3Si2. The molecule has 0 saturated heterocycles. The number of rotatable bonds is 4. The van der Waals surface area contributed by atoms with Gasteiger partial charge >= 0.3 is 0 Å². The van der Waals surface area contributed by atoms with E-state index in [2.05, 4.69) is 67.4 Å². The van der Waals surface area contributed by atoms with Gasteiger partial charge in [0.15, 0.2) is 22.4 Å². The zero-order valence-electron chi connectivity index (χ0n) is 20.5. The summed E-state index contributed by atoms with van der Waals surface area (Å²) in [5, 5.41) is 0.164. The van der Waals surface area contributed by atoms with Gasteiger partial charge in [0.1, 0.15) is 0 Å². The first-order chi connectivity index (χ1) is 13.1. The average Bonchev–Trinajstić information content (AvgIpc) is 2.83. The highest BCUT2D eigenvalue weighted by Crippen LogP contribution is 2.60. The van der Waals surface area contributed by atoms with Crippen molar-refractivity contribution < 1.29 is 13.6 Å². The molecule has 0 aromatic heterocycles. The van der Waals surface area contributed by atoms with E-state index >= 15 is 0 Å². The van der Waals surface area contributed by atoms with Crippen LogP contribution < -0.4 is 0 Å². The summed E-state index contributed by atoms with van der Waals surface area (Å²) in [7, 11) is -3.58. The lowest BCUT2D eigenvalue weighted by Gasteiger charge is -2.56. The van der Waals surface area contributed by atoms with Gasteiger partial charge in [0, 0.05) is 11.8 Å². The molecule has 3 nitrogen and oxygen atoms in total. The molecule has 0 aliphatic heterocycles. The van der Waals surface area contributed by atoms with Gasteiger partial charge in [-0.05, 0) is 86.4 Å². The van der Waals surface area contributed by atoms with Gasteiger partial charge in [0.05, 0.1) is 12.2 Å². The lowest BCUT2D eigenvalue weighted by Crippen LogP contribution is -2.56. The molecule has 0 N–H and O–H groups in total. The maximum atomic E-state index is 12.6. The number of hydrogen-bond acceptors (Lipinski definition) is 3. The topological polar surface area (TPSA) is 35.5 Å². The van der Waals surface area contributed by atoms with Gasteiger partial charge in [-0.15, -0.1) is 0 Å². The third-order valence-corrected chi connectivity index (χ3v) is 13.8. The van der Waals surface area contributed by atoms with Crippen molar-refractivity contribution in [3.63, 3.8) is 0 Å². The van der Waals surface area contributed by atoms with Crippen LogP contribution in [0.1, 0.15) is 60.3 Å². The molecular weight excluding hydrogens is 392 g/mol. The number of fused-ring (bicyclic) bond motifs is 3. The summed E-state index contributed by atoms with van der Waals surface area (Å²) >= 11 is 0. The molecule has 3 aliphatic rings. The molecule has 2 fully saturated rings. The Balaban J connectivity index is 1.99. The van der Waals surface area contributed by atoms with Crippen LogP contribution >= 0.6 is 0 Å². The maximum Gasteiger partial charge on any atom is 0.192 e. The van der Waals surface area contributed by atoms with Crippen LogP contribution in [0.15, 0.2) is 11.6 Å². The molecule has 0 unspecified atom stereocenters.